The second-order valence-corrected chi connectivity index (χ2v) is 5.53. The standard InChI is InChI=1S/C15H23N3O/c1-12(13-6-5-9-17-10-13)18-14(19)15(11-16)7-3-2-4-8-15/h5-6,9-10,12H,2-4,7-8,11,16H2,1H3,(H,18,19)/t12-/m0/s1. The number of nitrogens with one attached hydrogen (secondary N) is 1. The Labute approximate surface area is 114 Å². The highest BCUT2D eigenvalue weighted by molar-refractivity contribution is 5.83. The van der Waals surface area contributed by atoms with Crippen molar-refractivity contribution < 1.29 is 4.79 Å². The Kier molecular flexibility index (Phi) is 4.53. The van der Waals surface area contributed by atoms with Gasteiger partial charge in [-0.05, 0) is 31.4 Å². The first kappa shape index (κ1) is 14.0. The molecule has 1 saturated carbocycles. The molecule has 19 heavy (non-hydrogen) atoms. The van der Waals surface area contributed by atoms with Crippen LogP contribution in [0.2, 0.25) is 0 Å². The first-order chi connectivity index (χ1) is 9.18. The third-order valence-corrected chi connectivity index (χ3v) is 4.22. The number of nitrogens with zero attached hydrogens (tertiary/aromatic N) is 1. The van der Waals surface area contributed by atoms with Crippen molar-refractivity contribution in [3.05, 3.63) is 30.1 Å². The molecular formula is C15H23N3O. The molecule has 1 heterocycles. The Morgan fingerprint density at radius 1 is 1.47 bits per heavy atom. The zero-order valence-electron chi connectivity index (χ0n) is 11.6. The normalized spacial score (nSPS) is 19.7. The summed E-state index contributed by atoms with van der Waals surface area (Å²) in [6, 6.07) is 3.84. The summed E-state index contributed by atoms with van der Waals surface area (Å²) in [7, 11) is 0. The average Bonchev–Trinajstić information content (AvgIpc) is 2.48. The van der Waals surface area contributed by atoms with E-state index in [0.29, 0.717) is 6.54 Å². The van der Waals surface area contributed by atoms with Crippen molar-refractivity contribution in [3.8, 4) is 0 Å². The van der Waals surface area contributed by atoms with E-state index < -0.39 is 0 Å². The maximum Gasteiger partial charge on any atom is 0.227 e. The fraction of sp³-hybridized carbons (Fsp3) is 0.600. The molecule has 2 rings (SSSR count). The van der Waals surface area contributed by atoms with Crippen molar-refractivity contribution in [2.45, 2.75) is 45.1 Å². The molecule has 1 aromatic rings. The summed E-state index contributed by atoms with van der Waals surface area (Å²) in [4.78, 5) is 16.6. The molecule has 0 radical (unpaired) electrons. The summed E-state index contributed by atoms with van der Waals surface area (Å²) in [5.41, 5.74) is 6.55. The first-order valence-corrected chi connectivity index (χ1v) is 7.09. The van der Waals surface area contributed by atoms with Crippen molar-refractivity contribution in [3.63, 3.8) is 0 Å². The molecule has 3 N–H and O–H groups in total. The minimum absolute atomic E-state index is 0.0217. The van der Waals surface area contributed by atoms with E-state index in [1.165, 1.54) is 6.42 Å². The van der Waals surface area contributed by atoms with E-state index in [0.717, 1.165) is 31.2 Å². The van der Waals surface area contributed by atoms with Gasteiger partial charge in [-0.15, -0.1) is 0 Å². The molecule has 1 aliphatic carbocycles. The van der Waals surface area contributed by atoms with Crippen molar-refractivity contribution in [2.75, 3.05) is 6.54 Å². The van der Waals surface area contributed by atoms with Gasteiger partial charge in [-0.1, -0.05) is 25.3 Å². The molecule has 0 spiro atoms. The largest absolute Gasteiger partial charge is 0.349 e. The van der Waals surface area contributed by atoms with Gasteiger partial charge >= 0.3 is 0 Å². The molecule has 4 nitrogen and oxygen atoms in total. The average molecular weight is 261 g/mol. The van der Waals surface area contributed by atoms with Gasteiger partial charge in [-0.2, -0.15) is 0 Å². The van der Waals surface area contributed by atoms with Crippen LogP contribution in [0.1, 0.15) is 50.6 Å². The van der Waals surface area contributed by atoms with Crippen molar-refractivity contribution in [2.24, 2.45) is 11.1 Å². The molecule has 1 atom stereocenters. The zero-order chi connectivity index (χ0) is 13.7. The monoisotopic (exact) mass is 261 g/mol. The maximum absolute atomic E-state index is 12.5. The summed E-state index contributed by atoms with van der Waals surface area (Å²) >= 11 is 0. The van der Waals surface area contributed by atoms with E-state index in [4.69, 9.17) is 5.73 Å². The van der Waals surface area contributed by atoms with Crippen LogP contribution in [0.3, 0.4) is 0 Å². The van der Waals surface area contributed by atoms with Gasteiger partial charge in [-0.25, -0.2) is 0 Å². The minimum Gasteiger partial charge on any atom is -0.349 e. The van der Waals surface area contributed by atoms with Crippen LogP contribution in [0.15, 0.2) is 24.5 Å². The van der Waals surface area contributed by atoms with Gasteiger partial charge < -0.3 is 11.1 Å². The van der Waals surface area contributed by atoms with Crippen LogP contribution in [-0.4, -0.2) is 17.4 Å². The van der Waals surface area contributed by atoms with Gasteiger partial charge in [0, 0.05) is 18.9 Å². The smallest absolute Gasteiger partial charge is 0.227 e. The number of rotatable bonds is 4. The highest BCUT2D eigenvalue weighted by atomic mass is 16.2. The third-order valence-electron chi connectivity index (χ3n) is 4.22. The van der Waals surface area contributed by atoms with Crippen LogP contribution in [0.25, 0.3) is 0 Å². The lowest BCUT2D eigenvalue weighted by Gasteiger charge is -2.35. The van der Waals surface area contributed by atoms with Crippen molar-refractivity contribution in [1.29, 1.82) is 0 Å². The molecule has 0 aliphatic heterocycles. The first-order valence-electron chi connectivity index (χ1n) is 7.09. The molecule has 0 aromatic carbocycles. The van der Waals surface area contributed by atoms with Crippen LogP contribution in [0.5, 0.6) is 0 Å². The SMILES string of the molecule is C[C@H](NC(=O)C1(CN)CCCCC1)c1cccnc1. The number of carbonyl (C=O) groups is 1. The Bertz CT molecular complexity index is 413. The summed E-state index contributed by atoms with van der Waals surface area (Å²) in [6.07, 6.45) is 8.77. The summed E-state index contributed by atoms with van der Waals surface area (Å²) in [5.74, 6) is 0.103. The van der Waals surface area contributed by atoms with E-state index in [1.54, 1.807) is 12.4 Å². The number of hydrogen-bond acceptors (Lipinski definition) is 3. The molecule has 0 bridgehead atoms. The van der Waals surface area contributed by atoms with Crippen LogP contribution < -0.4 is 11.1 Å². The van der Waals surface area contributed by atoms with E-state index >= 15 is 0 Å². The number of amides is 1. The second kappa shape index (κ2) is 6.15. The molecule has 4 heteroatoms. The fourth-order valence-corrected chi connectivity index (χ4v) is 2.82. The molecule has 0 unspecified atom stereocenters. The minimum atomic E-state index is -0.352. The van der Waals surface area contributed by atoms with Crippen molar-refractivity contribution in [1.82, 2.24) is 10.3 Å². The Hall–Kier alpha value is -1.42. The topological polar surface area (TPSA) is 68.0 Å². The van der Waals surface area contributed by atoms with E-state index in [9.17, 15) is 4.79 Å². The number of carbonyl (C=O) groups excluding carboxylic acids is 1. The molecule has 0 saturated heterocycles. The molecule has 1 amide bonds. The van der Waals surface area contributed by atoms with Crippen LogP contribution in [0.4, 0.5) is 0 Å². The highest BCUT2D eigenvalue weighted by Crippen LogP contribution is 2.36. The predicted octanol–water partition coefficient (Wildman–Crippen LogP) is 2.17. The van der Waals surface area contributed by atoms with Gasteiger partial charge in [0.1, 0.15) is 0 Å². The lowest BCUT2D eigenvalue weighted by atomic mass is 9.73. The molecule has 104 valence electrons. The Morgan fingerprint density at radius 3 is 2.79 bits per heavy atom. The quantitative estimate of drug-likeness (QED) is 0.872. The summed E-state index contributed by atoms with van der Waals surface area (Å²) < 4.78 is 0. The number of pyridine rings is 1. The van der Waals surface area contributed by atoms with Gasteiger partial charge in [0.25, 0.3) is 0 Å². The van der Waals surface area contributed by atoms with Gasteiger partial charge in [-0.3, -0.25) is 9.78 Å². The van der Waals surface area contributed by atoms with Crippen molar-refractivity contribution >= 4 is 5.91 Å². The fourth-order valence-electron chi connectivity index (χ4n) is 2.82. The molecular weight excluding hydrogens is 238 g/mol. The lowest BCUT2D eigenvalue weighted by Crippen LogP contribution is -2.47. The zero-order valence-corrected chi connectivity index (χ0v) is 11.6. The van der Waals surface area contributed by atoms with E-state index in [-0.39, 0.29) is 17.4 Å². The van der Waals surface area contributed by atoms with Gasteiger partial charge in [0.05, 0.1) is 11.5 Å². The highest BCUT2D eigenvalue weighted by Gasteiger charge is 2.38. The number of hydrogen-bond donors (Lipinski definition) is 2. The summed E-state index contributed by atoms with van der Waals surface area (Å²) in [5, 5.41) is 3.10. The Balaban J connectivity index is 2.03. The predicted molar refractivity (Wildman–Crippen MR) is 75.4 cm³/mol. The van der Waals surface area contributed by atoms with Gasteiger partial charge in [0.2, 0.25) is 5.91 Å². The molecule has 1 aromatic heterocycles. The third kappa shape index (κ3) is 3.13. The van der Waals surface area contributed by atoms with Crippen LogP contribution in [-0.2, 0) is 4.79 Å². The van der Waals surface area contributed by atoms with Crippen LogP contribution >= 0.6 is 0 Å². The van der Waals surface area contributed by atoms with E-state index in [2.05, 4.69) is 10.3 Å². The summed E-state index contributed by atoms with van der Waals surface area (Å²) in [6.45, 7) is 2.43. The lowest BCUT2D eigenvalue weighted by molar-refractivity contribution is -0.133. The van der Waals surface area contributed by atoms with Crippen LogP contribution in [0, 0.1) is 5.41 Å². The molecule has 1 aliphatic rings. The number of aromatic nitrogens is 1. The second-order valence-electron chi connectivity index (χ2n) is 5.53. The van der Waals surface area contributed by atoms with Gasteiger partial charge in [0.15, 0.2) is 0 Å². The number of nitrogens with two attached hydrogens (primary N) is 1. The Morgan fingerprint density at radius 2 is 2.21 bits per heavy atom. The molecule has 1 fully saturated rings. The van der Waals surface area contributed by atoms with E-state index in [1.807, 2.05) is 19.1 Å². The maximum atomic E-state index is 12.5.